The van der Waals surface area contributed by atoms with Gasteiger partial charge in [0.15, 0.2) is 5.82 Å². The van der Waals surface area contributed by atoms with E-state index in [0.29, 0.717) is 5.82 Å². The molecule has 0 saturated heterocycles. The second-order valence-corrected chi connectivity index (χ2v) is 9.90. The topological polar surface area (TPSA) is 67.1 Å². The molecule has 0 bridgehead atoms. The molecule has 29 heavy (non-hydrogen) atoms. The van der Waals surface area contributed by atoms with E-state index in [2.05, 4.69) is 73.1 Å². The van der Waals surface area contributed by atoms with Gasteiger partial charge in [-0.1, -0.05) is 25.5 Å². The predicted molar refractivity (Wildman–Crippen MR) is 127 cm³/mol. The first-order valence-electron chi connectivity index (χ1n) is 10.7. The van der Waals surface area contributed by atoms with Crippen LogP contribution in [0.3, 0.4) is 0 Å². The first-order valence-corrected chi connectivity index (χ1v) is 11.5. The molecule has 3 rings (SSSR count). The van der Waals surface area contributed by atoms with Crippen LogP contribution >= 0.6 is 11.3 Å². The van der Waals surface area contributed by atoms with E-state index in [9.17, 15) is 0 Å². The molecule has 0 saturated carbocycles. The van der Waals surface area contributed by atoms with Crippen LogP contribution in [0.2, 0.25) is 0 Å². The lowest BCUT2D eigenvalue weighted by atomic mass is 10.0. The zero-order valence-corrected chi connectivity index (χ0v) is 19.3. The SMILES string of the molecule is CCNCc1nc2c(N)nc3cc(CCCCCN(C)C(C)(C)C)ccc3c2s1. The van der Waals surface area contributed by atoms with Crippen molar-refractivity contribution in [3.63, 3.8) is 0 Å². The summed E-state index contributed by atoms with van der Waals surface area (Å²) in [4.78, 5) is 11.8. The molecule has 0 aliphatic heterocycles. The zero-order valence-electron chi connectivity index (χ0n) is 18.5. The molecule has 0 atom stereocenters. The normalized spacial score (nSPS) is 12.5. The number of anilines is 1. The van der Waals surface area contributed by atoms with Crippen molar-refractivity contribution in [3.05, 3.63) is 28.8 Å². The summed E-state index contributed by atoms with van der Waals surface area (Å²) in [5, 5.41) is 5.55. The number of thiazole rings is 1. The fourth-order valence-corrected chi connectivity index (χ4v) is 4.49. The third kappa shape index (κ3) is 5.44. The largest absolute Gasteiger partial charge is 0.382 e. The Morgan fingerprint density at radius 1 is 1.14 bits per heavy atom. The van der Waals surface area contributed by atoms with Crippen LogP contribution in [0.25, 0.3) is 21.1 Å². The average molecular weight is 414 g/mol. The highest BCUT2D eigenvalue weighted by Gasteiger charge is 2.16. The highest BCUT2D eigenvalue weighted by atomic mass is 32.1. The molecule has 0 amide bonds. The third-order valence-electron chi connectivity index (χ3n) is 5.59. The third-order valence-corrected chi connectivity index (χ3v) is 6.68. The van der Waals surface area contributed by atoms with Crippen molar-refractivity contribution in [3.8, 4) is 0 Å². The number of nitrogen functional groups attached to an aromatic ring is 1. The van der Waals surface area contributed by atoms with Gasteiger partial charge in [-0.2, -0.15) is 0 Å². The van der Waals surface area contributed by atoms with E-state index >= 15 is 0 Å². The Balaban J connectivity index is 1.66. The Labute approximate surface area is 178 Å². The number of rotatable bonds is 9. The van der Waals surface area contributed by atoms with E-state index < -0.39 is 0 Å². The molecule has 0 fully saturated rings. The summed E-state index contributed by atoms with van der Waals surface area (Å²) in [5.41, 5.74) is 9.64. The van der Waals surface area contributed by atoms with E-state index in [1.807, 2.05) is 0 Å². The van der Waals surface area contributed by atoms with Crippen molar-refractivity contribution in [2.24, 2.45) is 0 Å². The number of hydrogen-bond acceptors (Lipinski definition) is 6. The van der Waals surface area contributed by atoms with Crippen molar-refractivity contribution in [1.82, 2.24) is 20.2 Å². The number of aryl methyl sites for hydroxylation is 1. The van der Waals surface area contributed by atoms with Crippen LogP contribution < -0.4 is 11.1 Å². The maximum absolute atomic E-state index is 6.23. The summed E-state index contributed by atoms with van der Waals surface area (Å²) in [6, 6.07) is 6.64. The summed E-state index contributed by atoms with van der Waals surface area (Å²) in [6.45, 7) is 11.8. The molecular weight excluding hydrogens is 378 g/mol. The molecule has 6 heteroatoms. The summed E-state index contributed by atoms with van der Waals surface area (Å²) < 4.78 is 1.15. The maximum Gasteiger partial charge on any atom is 0.151 e. The number of hydrogen-bond donors (Lipinski definition) is 2. The number of fused-ring (bicyclic) bond motifs is 3. The van der Waals surface area contributed by atoms with E-state index in [-0.39, 0.29) is 5.54 Å². The van der Waals surface area contributed by atoms with Gasteiger partial charge in [-0.3, -0.25) is 0 Å². The number of unbranched alkanes of at least 4 members (excludes halogenated alkanes) is 2. The quantitative estimate of drug-likeness (QED) is 0.484. The van der Waals surface area contributed by atoms with Gasteiger partial charge in [0.2, 0.25) is 0 Å². The van der Waals surface area contributed by atoms with Crippen molar-refractivity contribution in [2.45, 2.75) is 65.5 Å². The van der Waals surface area contributed by atoms with Gasteiger partial charge in [-0.05, 0) is 71.8 Å². The molecule has 2 aromatic heterocycles. The fraction of sp³-hybridized carbons (Fsp3) is 0.565. The molecule has 0 aliphatic rings. The van der Waals surface area contributed by atoms with Gasteiger partial charge in [0, 0.05) is 17.5 Å². The predicted octanol–water partition coefficient (Wildman–Crippen LogP) is 4.98. The molecule has 2 heterocycles. The maximum atomic E-state index is 6.23. The summed E-state index contributed by atoms with van der Waals surface area (Å²) in [7, 11) is 2.21. The lowest BCUT2D eigenvalue weighted by Crippen LogP contribution is -2.38. The monoisotopic (exact) mass is 413 g/mol. The van der Waals surface area contributed by atoms with Crippen LogP contribution in [0, 0.1) is 0 Å². The van der Waals surface area contributed by atoms with Gasteiger partial charge in [-0.25, -0.2) is 9.97 Å². The Hall–Kier alpha value is -1.76. The lowest BCUT2D eigenvalue weighted by molar-refractivity contribution is 0.172. The van der Waals surface area contributed by atoms with Gasteiger partial charge >= 0.3 is 0 Å². The summed E-state index contributed by atoms with van der Waals surface area (Å²) in [5.74, 6) is 0.536. The first-order chi connectivity index (χ1) is 13.8. The van der Waals surface area contributed by atoms with Gasteiger partial charge < -0.3 is 16.0 Å². The zero-order chi connectivity index (χ0) is 21.0. The van der Waals surface area contributed by atoms with E-state index in [4.69, 9.17) is 5.73 Å². The first kappa shape index (κ1) is 21.9. The number of pyridine rings is 1. The molecule has 0 radical (unpaired) electrons. The fourth-order valence-electron chi connectivity index (χ4n) is 3.42. The van der Waals surface area contributed by atoms with Crippen LogP contribution in [0.4, 0.5) is 5.82 Å². The van der Waals surface area contributed by atoms with Crippen molar-refractivity contribution in [1.29, 1.82) is 0 Å². The van der Waals surface area contributed by atoms with Crippen molar-refractivity contribution >= 4 is 38.3 Å². The highest BCUT2D eigenvalue weighted by molar-refractivity contribution is 7.19. The van der Waals surface area contributed by atoms with Gasteiger partial charge in [0.25, 0.3) is 0 Å². The smallest absolute Gasteiger partial charge is 0.151 e. The minimum absolute atomic E-state index is 0.248. The number of benzene rings is 1. The molecule has 3 N–H and O–H groups in total. The van der Waals surface area contributed by atoms with Crippen LogP contribution in [0.15, 0.2) is 18.2 Å². The summed E-state index contributed by atoms with van der Waals surface area (Å²) >= 11 is 1.72. The molecule has 5 nitrogen and oxygen atoms in total. The van der Waals surface area contributed by atoms with Gasteiger partial charge in [0.1, 0.15) is 10.5 Å². The van der Waals surface area contributed by atoms with Gasteiger partial charge in [0.05, 0.1) is 10.2 Å². The molecule has 3 aromatic rings. The Kier molecular flexibility index (Phi) is 7.09. The average Bonchev–Trinajstić information content (AvgIpc) is 3.10. The molecule has 0 spiro atoms. The van der Waals surface area contributed by atoms with Crippen LogP contribution in [-0.2, 0) is 13.0 Å². The number of aromatic nitrogens is 2. The highest BCUT2D eigenvalue weighted by Crippen LogP contribution is 2.33. The Bertz CT molecular complexity index is 957. The van der Waals surface area contributed by atoms with Crippen LogP contribution in [0.5, 0.6) is 0 Å². The number of nitrogens with two attached hydrogens (primary N) is 1. The van der Waals surface area contributed by atoms with E-state index in [1.165, 1.54) is 24.8 Å². The van der Waals surface area contributed by atoms with Gasteiger partial charge in [-0.15, -0.1) is 11.3 Å². The second kappa shape index (κ2) is 9.37. The van der Waals surface area contributed by atoms with Crippen molar-refractivity contribution < 1.29 is 0 Å². The molecule has 0 unspecified atom stereocenters. The van der Waals surface area contributed by atoms with E-state index in [1.54, 1.807) is 11.3 Å². The molecule has 0 aliphatic carbocycles. The van der Waals surface area contributed by atoms with Crippen LogP contribution in [0.1, 0.15) is 57.5 Å². The van der Waals surface area contributed by atoms with Crippen LogP contribution in [-0.4, -0.2) is 40.5 Å². The minimum atomic E-state index is 0.248. The molecular formula is C23H35N5S. The number of nitrogens with zero attached hydrogens (tertiary/aromatic N) is 3. The van der Waals surface area contributed by atoms with Crippen molar-refractivity contribution in [2.75, 3.05) is 25.9 Å². The minimum Gasteiger partial charge on any atom is -0.382 e. The lowest BCUT2D eigenvalue weighted by Gasteiger charge is -2.31. The second-order valence-electron chi connectivity index (χ2n) is 8.82. The van der Waals surface area contributed by atoms with E-state index in [0.717, 1.165) is 52.2 Å². The summed E-state index contributed by atoms with van der Waals surface area (Å²) in [6.07, 6.45) is 4.77. The standard InChI is InChI=1S/C23H35N5S/c1-6-25-15-19-27-20-21(29-19)17-12-11-16(14-18(17)26-22(20)24)10-8-7-9-13-28(5)23(2,3)4/h11-12,14,25H,6-10,13,15H2,1-5H3,(H2,24,26). The molecule has 158 valence electrons. The molecule has 1 aromatic carbocycles. The number of nitrogens with one attached hydrogen (secondary N) is 1. The Morgan fingerprint density at radius 3 is 2.66 bits per heavy atom. The Morgan fingerprint density at radius 2 is 1.93 bits per heavy atom.